The molecule has 0 radical (unpaired) electrons. The normalized spacial score (nSPS) is 14.1. The van der Waals surface area contributed by atoms with Crippen LogP contribution in [0, 0.1) is 6.92 Å². The van der Waals surface area contributed by atoms with Gasteiger partial charge in [-0.1, -0.05) is 23.7 Å². The molecule has 0 aliphatic carbocycles. The van der Waals surface area contributed by atoms with Gasteiger partial charge in [-0.25, -0.2) is 0 Å². The molecule has 1 aromatic heterocycles. The van der Waals surface area contributed by atoms with Crippen LogP contribution in [0.25, 0.3) is 0 Å². The van der Waals surface area contributed by atoms with Crippen LogP contribution in [0.5, 0.6) is 0 Å². The van der Waals surface area contributed by atoms with Crippen LogP contribution < -0.4 is 10.2 Å². The summed E-state index contributed by atoms with van der Waals surface area (Å²) in [6, 6.07) is 8.87. The first-order valence-corrected chi connectivity index (χ1v) is 8.25. The van der Waals surface area contributed by atoms with Gasteiger partial charge >= 0.3 is 0 Å². The Balaban J connectivity index is 0.00000192. The maximum absolute atomic E-state index is 6.24. The van der Waals surface area contributed by atoms with Crippen molar-refractivity contribution in [1.82, 2.24) is 15.1 Å². The minimum Gasteiger partial charge on any atom is -0.372 e. The number of anilines is 1. The fraction of sp³-hybridized carbons (Fsp3) is 0.471. The van der Waals surface area contributed by atoms with Gasteiger partial charge in [-0.15, -0.1) is 12.4 Å². The second-order valence-corrected chi connectivity index (χ2v) is 6.30. The van der Waals surface area contributed by atoms with Gasteiger partial charge < -0.3 is 10.2 Å². The standard InChI is InChI=1S/C17H23ClN4.ClH/c1-13-16(17(18)21(2)20-13)12-19-11-14-5-7-15(8-6-14)22-9-3-4-10-22;/h5-8,19H,3-4,9-12H2,1-2H3;1H. The summed E-state index contributed by atoms with van der Waals surface area (Å²) in [5.41, 5.74) is 4.70. The highest BCUT2D eigenvalue weighted by molar-refractivity contribution is 6.30. The molecule has 23 heavy (non-hydrogen) atoms. The Morgan fingerprint density at radius 3 is 2.35 bits per heavy atom. The summed E-state index contributed by atoms with van der Waals surface area (Å²) >= 11 is 6.24. The Bertz CT molecular complexity index is 631. The molecule has 0 bridgehead atoms. The first kappa shape index (κ1) is 18.1. The predicted molar refractivity (Wildman–Crippen MR) is 98.6 cm³/mol. The minimum atomic E-state index is 0. The van der Waals surface area contributed by atoms with Crippen LogP contribution in [-0.4, -0.2) is 22.9 Å². The highest BCUT2D eigenvalue weighted by atomic mass is 35.5. The summed E-state index contributed by atoms with van der Waals surface area (Å²) in [7, 11) is 1.87. The quantitative estimate of drug-likeness (QED) is 0.888. The van der Waals surface area contributed by atoms with E-state index >= 15 is 0 Å². The van der Waals surface area contributed by atoms with Gasteiger partial charge in [0.15, 0.2) is 0 Å². The second kappa shape index (κ2) is 8.04. The van der Waals surface area contributed by atoms with Crippen LogP contribution in [0.2, 0.25) is 5.15 Å². The number of rotatable bonds is 5. The molecule has 2 heterocycles. The maximum atomic E-state index is 6.24. The highest BCUT2D eigenvalue weighted by Gasteiger charge is 2.12. The topological polar surface area (TPSA) is 33.1 Å². The first-order valence-electron chi connectivity index (χ1n) is 7.88. The van der Waals surface area contributed by atoms with E-state index in [0.717, 1.165) is 29.5 Å². The molecule has 2 aromatic rings. The highest BCUT2D eigenvalue weighted by Crippen LogP contribution is 2.21. The number of nitrogens with one attached hydrogen (secondary N) is 1. The lowest BCUT2D eigenvalue weighted by molar-refractivity contribution is 0.690. The van der Waals surface area contributed by atoms with Crippen molar-refractivity contribution in [1.29, 1.82) is 0 Å². The molecule has 0 unspecified atom stereocenters. The van der Waals surface area contributed by atoms with Gasteiger partial charge in [0.25, 0.3) is 0 Å². The fourth-order valence-electron chi connectivity index (χ4n) is 3.01. The number of hydrogen-bond donors (Lipinski definition) is 1. The Morgan fingerprint density at radius 1 is 1.13 bits per heavy atom. The average Bonchev–Trinajstić information content (AvgIpc) is 3.12. The van der Waals surface area contributed by atoms with E-state index in [1.54, 1.807) is 4.68 Å². The molecule has 0 atom stereocenters. The lowest BCUT2D eigenvalue weighted by atomic mass is 10.2. The summed E-state index contributed by atoms with van der Waals surface area (Å²) in [5, 5.41) is 8.50. The molecule has 126 valence electrons. The molecule has 1 N–H and O–H groups in total. The summed E-state index contributed by atoms with van der Waals surface area (Å²) < 4.78 is 1.72. The second-order valence-electron chi connectivity index (χ2n) is 5.94. The molecule has 0 saturated carbocycles. The number of aromatic nitrogens is 2. The van der Waals surface area contributed by atoms with Crippen molar-refractivity contribution in [2.45, 2.75) is 32.9 Å². The summed E-state index contributed by atoms with van der Waals surface area (Å²) in [4.78, 5) is 2.45. The summed E-state index contributed by atoms with van der Waals surface area (Å²) in [6.45, 7) is 5.96. The van der Waals surface area contributed by atoms with Gasteiger partial charge in [-0.3, -0.25) is 4.68 Å². The molecule has 0 amide bonds. The van der Waals surface area contributed by atoms with Crippen molar-refractivity contribution in [2.24, 2.45) is 7.05 Å². The molecule has 1 aliphatic rings. The Kier molecular flexibility index (Phi) is 6.33. The smallest absolute Gasteiger partial charge is 0.131 e. The minimum absolute atomic E-state index is 0. The van der Waals surface area contributed by atoms with Crippen molar-refractivity contribution in [3.63, 3.8) is 0 Å². The fourth-order valence-corrected chi connectivity index (χ4v) is 3.25. The SMILES string of the molecule is Cc1nn(C)c(Cl)c1CNCc1ccc(N2CCCC2)cc1.Cl. The first-order chi connectivity index (χ1) is 10.6. The number of nitrogens with zero attached hydrogens (tertiary/aromatic N) is 3. The van der Waals surface area contributed by atoms with Crippen molar-refractivity contribution in [3.05, 3.63) is 46.2 Å². The summed E-state index contributed by atoms with van der Waals surface area (Å²) in [6.07, 6.45) is 2.63. The Labute approximate surface area is 149 Å². The predicted octanol–water partition coefficient (Wildman–Crippen LogP) is 3.69. The molecule has 1 aromatic carbocycles. The molecule has 4 nitrogen and oxygen atoms in total. The van der Waals surface area contributed by atoms with E-state index in [1.165, 1.54) is 37.2 Å². The third-order valence-electron chi connectivity index (χ3n) is 4.31. The van der Waals surface area contributed by atoms with Crippen LogP contribution in [-0.2, 0) is 20.1 Å². The van der Waals surface area contributed by atoms with Gasteiger partial charge in [0, 0.05) is 44.5 Å². The van der Waals surface area contributed by atoms with Crippen LogP contribution in [0.3, 0.4) is 0 Å². The van der Waals surface area contributed by atoms with E-state index in [-0.39, 0.29) is 12.4 Å². The Morgan fingerprint density at radius 2 is 1.78 bits per heavy atom. The molecule has 3 rings (SSSR count). The van der Waals surface area contributed by atoms with Gasteiger partial charge in [0.2, 0.25) is 0 Å². The van der Waals surface area contributed by atoms with E-state index in [2.05, 4.69) is 39.6 Å². The van der Waals surface area contributed by atoms with Crippen LogP contribution in [0.1, 0.15) is 29.7 Å². The summed E-state index contributed by atoms with van der Waals surface area (Å²) in [5.74, 6) is 0. The molecular formula is C17H24Cl2N4. The van der Waals surface area contributed by atoms with Crippen molar-refractivity contribution >= 4 is 29.7 Å². The monoisotopic (exact) mass is 354 g/mol. The third-order valence-corrected chi connectivity index (χ3v) is 4.78. The van der Waals surface area contributed by atoms with E-state index < -0.39 is 0 Å². The van der Waals surface area contributed by atoms with Crippen molar-refractivity contribution in [2.75, 3.05) is 18.0 Å². The van der Waals surface area contributed by atoms with Crippen molar-refractivity contribution in [3.8, 4) is 0 Å². The van der Waals surface area contributed by atoms with E-state index in [1.807, 2.05) is 14.0 Å². The average molecular weight is 355 g/mol. The van der Waals surface area contributed by atoms with E-state index in [0.29, 0.717) is 0 Å². The molecule has 6 heteroatoms. The van der Waals surface area contributed by atoms with Gasteiger partial charge in [-0.2, -0.15) is 5.10 Å². The molecule has 1 fully saturated rings. The number of halogens is 2. The number of hydrogen-bond acceptors (Lipinski definition) is 3. The third kappa shape index (κ3) is 4.19. The van der Waals surface area contributed by atoms with Crippen molar-refractivity contribution < 1.29 is 0 Å². The van der Waals surface area contributed by atoms with Crippen LogP contribution in [0.4, 0.5) is 5.69 Å². The van der Waals surface area contributed by atoms with Gasteiger partial charge in [0.05, 0.1) is 5.69 Å². The van der Waals surface area contributed by atoms with E-state index in [9.17, 15) is 0 Å². The van der Waals surface area contributed by atoms with Crippen LogP contribution >= 0.6 is 24.0 Å². The zero-order valence-corrected chi connectivity index (χ0v) is 15.3. The Hall–Kier alpha value is -1.23. The van der Waals surface area contributed by atoms with Gasteiger partial charge in [-0.05, 0) is 37.5 Å². The largest absolute Gasteiger partial charge is 0.372 e. The lowest BCUT2D eigenvalue weighted by Crippen LogP contribution is -2.17. The number of benzene rings is 1. The molecular weight excluding hydrogens is 331 g/mol. The van der Waals surface area contributed by atoms with E-state index in [4.69, 9.17) is 11.6 Å². The molecule has 1 saturated heterocycles. The zero-order valence-electron chi connectivity index (χ0n) is 13.7. The number of aryl methyl sites for hydroxylation is 2. The molecule has 1 aliphatic heterocycles. The van der Waals surface area contributed by atoms with Crippen LogP contribution in [0.15, 0.2) is 24.3 Å². The van der Waals surface area contributed by atoms with Gasteiger partial charge in [0.1, 0.15) is 5.15 Å². The zero-order chi connectivity index (χ0) is 15.5. The lowest BCUT2D eigenvalue weighted by Gasteiger charge is -2.17. The molecule has 0 spiro atoms. The maximum Gasteiger partial charge on any atom is 0.131 e.